The van der Waals surface area contributed by atoms with E-state index in [1.807, 2.05) is 37.4 Å². The Balaban J connectivity index is 0.715. The van der Waals surface area contributed by atoms with Gasteiger partial charge in [-0.1, -0.05) is 18.2 Å². The SMILES string of the molecule is CC(C)Oc1ccccc1[C@H]1CN([C@@H]2CCOc3nc(N4CCOCC4)ccc32)CCN1C1CC2(CCN(c3ccc(C(=O)NS(=O)(=O)c4ccc(NCC5CCC(C)(O)CC5)c([N+](=O)[O-])c4)c(N4c5cc6cc[nH]c6nc5O[C@H]5COCC[C@@H]54)c3)CC2)C1. The number of rotatable bonds is 15. The van der Waals surface area contributed by atoms with Crippen LogP contribution in [-0.4, -0.2) is 164 Å². The molecule has 0 radical (unpaired) electrons. The second-order valence-electron chi connectivity index (χ2n) is 26.4. The molecule has 9 heterocycles. The van der Waals surface area contributed by atoms with E-state index in [0.717, 1.165) is 131 Å². The Labute approximate surface area is 519 Å². The van der Waals surface area contributed by atoms with E-state index in [0.29, 0.717) is 81.2 Å². The molecule has 4 N–H and O–H groups in total. The molecule has 3 aromatic heterocycles. The van der Waals surface area contributed by atoms with Crippen LogP contribution in [0.25, 0.3) is 11.0 Å². The molecular formula is C66H81N11O11S. The molecule has 472 valence electrons. The molecule has 14 rings (SSSR count). The van der Waals surface area contributed by atoms with Gasteiger partial charge in [-0.25, -0.2) is 13.1 Å². The number of piperidine rings is 1. The van der Waals surface area contributed by atoms with Crippen LogP contribution in [-0.2, 0) is 19.5 Å². The number of para-hydroxylation sites is 1. The van der Waals surface area contributed by atoms with Crippen LogP contribution in [0.3, 0.4) is 0 Å². The van der Waals surface area contributed by atoms with Gasteiger partial charge >= 0.3 is 0 Å². The number of aromatic nitrogens is 3. The van der Waals surface area contributed by atoms with Crippen molar-refractivity contribution in [1.82, 2.24) is 29.5 Å². The van der Waals surface area contributed by atoms with Crippen molar-refractivity contribution in [2.45, 2.75) is 132 Å². The molecule has 0 bridgehead atoms. The topological polar surface area (TPSA) is 243 Å². The zero-order valence-corrected chi connectivity index (χ0v) is 51.8. The molecule has 1 amide bonds. The van der Waals surface area contributed by atoms with Gasteiger partial charge in [-0.3, -0.25) is 24.7 Å². The number of anilines is 5. The number of piperazine rings is 1. The molecule has 1 spiro atoms. The number of amides is 1. The quantitative estimate of drug-likeness (QED) is 0.0553. The molecule has 6 aliphatic heterocycles. The number of benzene rings is 3. The van der Waals surface area contributed by atoms with Gasteiger partial charge < -0.3 is 53.8 Å². The van der Waals surface area contributed by atoms with Gasteiger partial charge in [-0.05, 0) is 151 Å². The molecule has 2 saturated carbocycles. The molecule has 22 nitrogen and oxygen atoms in total. The number of H-pyrrole nitrogens is 1. The summed E-state index contributed by atoms with van der Waals surface area (Å²) in [7, 11) is -4.66. The normalized spacial score (nSPS) is 25.7. The van der Waals surface area contributed by atoms with Crippen LogP contribution in [0.15, 0.2) is 96.0 Å². The minimum Gasteiger partial charge on any atom is -0.491 e. The summed E-state index contributed by atoms with van der Waals surface area (Å²) in [5.74, 6) is 2.27. The van der Waals surface area contributed by atoms with E-state index < -0.39 is 43.1 Å². The number of nitro benzene ring substituents is 1. The highest BCUT2D eigenvalue weighted by Gasteiger charge is 2.51. The number of sulfonamides is 1. The Kier molecular flexibility index (Phi) is 16.1. The molecule has 6 aromatic rings. The number of ether oxygens (including phenoxy) is 5. The molecule has 23 heteroatoms. The van der Waals surface area contributed by atoms with Crippen LogP contribution in [0.5, 0.6) is 17.5 Å². The van der Waals surface area contributed by atoms with Crippen molar-refractivity contribution in [3.8, 4) is 17.5 Å². The van der Waals surface area contributed by atoms with Gasteiger partial charge in [-0.15, -0.1) is 0 Å². The number of aliphatic hydroxyl groups is 1. The zero-order chi connectivity index (χ0) is 61.2. The second kappa shape index (κ2) is 24.2. The standard InChI is InChI=1S/C66H81N11O11S/c1-42(2)87-58-7-5-4-6-48(58)57-40-74(52-18-31-86-63-50(52)11-13-60(69-63)73-28-32-84-33-29-73)26-27-75(57)46-37-66(38-46)21-24-72(25-22-66)45-8-10-49(54(35-45)76-53-17-30-85-41-59(53)88-64-56(76)34-44-16-23-67-61(44)70-64)62(78)71-89(82,83)47-9-12-51(55(36-47)77(80)81)68-39-43-14-19-65(3,79)20-15-43/h4-13,16,23,34-36,42-43,46,52-53,57,59,68,79H,14-15,17-22,24-33,37-41H2,1-3H3,(H,67,70)(H,71,78)/t43?,52-,53+,57-,59+,65?/m1/s1. The molecule has 3 aromatic carbocycles. The van der Waals surface area contributed by atoms with Crippen LogP contribution in [0, 0.1) is 21.4 Å². The fourth-order valence-electron chi connectivity index (χ4n) is 15.4. The van der Waals surface area contributed by atoms with Crippen LogP contribution in [0.1, 0.15) is 119 Å². The third kappa shape index (κ3) is 11.9. The Hall–Kier alpha value is -7.28. The lowest BCUT2D eigenvalue weighted by atomic mass is 9.59. The summed E-state index contributed by atoms with van der Waals surface area (Å²) < 4.78 is 62.0. The highest BCUT2D eigenvalue weighted by Crippen LogP contribution is 2.55. The van der Waals surface area contributed by atoms with Crippen molar-refractivity contribution in [3.63, 3.8) is 0 Å². The number of morpholine rings is 1. The summed E-state index contributed by atoms with van der Waals surface area (Å²) in [5.41, 5.74) is 4.30. The fraction of sp³-hybridized carbons (Fsp3) is 0.530. The molecule has 0 unspecified atom stereocenters. The van der Waals surface area contributed by atoms with E-state index in [1.165, 1.54) is 17.7 Å². The smallest absolute Gasteiger partial charge is 0.293 e. The maximum absolute atomic E-state index is 14.9. The van der Waals surface area contributed by atoms with Gasteiger partial charge in [0.05, 0.1) is 71.3 Å². The molecule has 4 saturated heterocycles. The first-order valence-electron chi connectivity index (χ1n) is 32.0. The number of fused-ring (bicyclic) bond motifs is 4. The number of nitrogens with zero attached hydrogens (tertiary/aromatic N) is 8. The maximum atomic E-state index is 14.9. The van der Waals surface area contributed by atoms with E-state index in [-0.39, 0.29) is 53.4 Å². The van der Waals surface area contributed by atoms with Crippen LogP contribution < -0.4 is 38.9 Å². The zero-order valence-electron chi connectivity index (χ0n) is 51.0. The Morgan fingerprint density at radius 1 is 0.831 bits per heavy atom. The average molecular weight is 1240 g/mol. The Bertz CT molecular complexity index is 3720. The monoisotopic (exact) mass is 1240 g/mol. The van der Waals surface area contributed by atoms with Crippen molar-refractivity contribution in [3.05, 3.63) is 118 Å². The first-order chi connectivity index (χ1) is 43.0. The largest absolute Gasteiger partial charge is 0.491 e. The Morgan fingerprint density at radius 2 is 1.64 bits per heavy atom. The predicted octanol–water partition coefficient (Wildman–Crippen LogP) is 9.28. The van der Waals surface area contributed by atoms with Gasteiger partial charge in [0.15, 0.2) is 0 Å². The third-order valence-corrected chi connectivity index (χ3v) is 21.6. The van der Waals surface area contributed by atoms with Gasteiger partial charge in [0.25, 0.3) is 21.6 Å². The summed E-state index contributed by atoms with van der Waals surface area (Å²) in [6.07, 6.45) is 9.73. The number of nitro groups is 1. The first kappa shape index (κ1) is 59.3. The number of carbonyl (C=O) groups excluding carboxylic acids is 1. The van der Waals surface area contributed by atoms with Crippen LogP contribution in [0.4, 0.5) is 34.3 Å². The molecule has 2 aliphatic carbocycles. The Morgan fingerprint density at radius 3 is 2.44 bits per heavy atom. The van der Waals surface area contributed by atoms with Crippen molar-refractivity contribution >= 4 is 61.2 Å². The number of hydrogen-bond donors (Lipinski definition) is 4. The van der Waals surface area contributed by atoms with Crippen molar-refractivity contribution in [2.24, 2.45) is 11.3 Å². The lowest BCUT2D eigenvalue weighted by Crippen LogP contribution is -2.60. The lowest BCUT2D eigenvalue weighted by molar-refractivity contribution is -0.384. The van der Waals surface area contributed by atoms with E-state index in [1.54, 1.807) is 6.07 Å². The van der Waals surface area contributed by atoms with E-state index in [9.17, 15) is 28.4 Å². The summed E-state index contributed by atoms with van der Waals surface area (Å²) in [6.45, 7) is 15.1. The summed E-state index contributed by atoms with van der Waals surface area (Å²) in [6, 6.07) is 26.5. The number of hydrogen-bond acceptors (Lipinski definition) is 19. The first-order valence-corrected chi connectivity index (χ1v) is 33.5. The van der Waals surface area contributed by atoms with Crippen molar-refractivity contribution in [2.75, 3.05) is 105 Å². The number of aromatic amines is 1. The van der Waals surface area contributed by atoms with Crippen LogP contribution >= 0.6 is 0 Å². The number of pyridine rings is 2. The fourth-order valence-corrected chi connectivity index (χ4v) is 16.4. The minimum atomic E-state index is -4.66. The predicted molar refractivity (Wildman–Crippen MR) is 337 cm³/mol. The maximum Gasteiger partial charge on any atom is 0.293 e. The van der Waals surface area contributed by atoms with E-state index >= 15 is 0 Å². The molecule has 4 atom stereocenters. The summed E-state index contributed by atoms with van der Waals surface area (Å²) >= 11 is 0. The van der Waals surface area contributed by atoms with Gasteiger partial charge in [0.2, 0.25) is 11.8 Å². The van der Waals surface area contributed by atoms with Gasteiger partial charge in [0, 0.05) is 112 Å². The van der Waals surface area contributed by atoms with E-state index in [4.69, 9.17) is 33.7 Å². The number of carbonyl (C=O) groups is 1. The third-order valence-electron chi connectivity index (χ3n) is 20.3. The molecule has 8 aliphatic rings. The van der Waals surface area contributed by atoms with E-state index in [2.05, 4.69) is 89.8 Å². The lowest BCUT2D eigenvalue weighted by Gasteiger charge is -2.58. The van der Waals surface area contributed by atoms with Crippen LogP contribution in [0.2, 0.25) is 0 Å². The van der Waals surface area contributed by atoms with Gasteiger partial charge in [-0.2, -0.15) is 9.97 Å². The molecule has 89 heavy (non-hydrogen) atoms. The molecule has 6 fully saturated rings. The highest BCUT2D eigenvalue weighted by molar-refractivity contribution is 7.90. The second-order valence-corrected chi connectivity index (χ2v) is 28.1. The highest BCUT2D eigenvalue weighted by atomic mass is 32.2. The summed E-state index contributed by atoms with van der Waals surface area (Å²) in [4.78, 5) is 51.7. The van der Waals surface area contributed by atoms with Crippen molar-refractivity contribution < 1.29 is 46.9 Å². The average Bonchev–Trinajstić information content (AvgIpc) is 1.47. The molecular weight excluding hydrogens is 1150 g/mol. The van der Waals surface area contributed by atoms with Gasteiger partial charge in [0.1, 0.15) is 34.7 Å². The minimum absolute atomic E-state index is 0.0240. The number of nitrogens with one attached hydrogen (secondary N) is 3. The summed E-state index contributed by atoms with van der Waals surface area (Å²) in [5, 5.41) is 26.9. The van der Waals surface area contributed by atoms with Crippen molar-refractivity contribution in [1.29, 1.82) is 0 Å².